The van der Waals surface area contributed by atoms with E-state index in [0.717, 1.165) is 6.07 Å². The molecule has 1 aromatic heterocycles. The highest BCUT2D eigenvalue weighted by molar-refractivity contribution is 9.10. The highest BCUT2D eigenvalue weighted by atomic mass is 79.9. The van der Waals surface area contributed by atoms with E-state index in [1.165, 1.54) is 12.3 Å². The molecule has 0 aliphatic heterocycles. The Labute approximate surface area is 161 Å². The Balaban J connectivity index is 1.94. The lowest BCUT2D eigenvalue weighted by Gasteiger charge is -2.06. The fourth-order valence-corrected chi connectivity index (χ4v) is 2.82. The molecule has 1 heterocycles. The summed E-state index contributed by atoms with van der Waals surface area (Å²) in [6.07, 6.45) is 1.24. The molecule has 0 saturated heterocycles. The number of aromatic nitrogens is 2. The van der Waals surface area contributed by atoms with Gasteiger partial charge in [0, 0.05) is 16.1 Å². The van der Waals surface area contributed by atoms with E-state index >= 15 is 0 Å². The molecule has 0 aliphatic rings. The van der Waals surface area contributed by atoms with Gasteiger partial charge in [-0.05, 0) is 22.0 Å². The first-order chi connectivity index (χ1) is 13.0. The van der Waals surface area contributed by atoms with Gasteiger partial charge in [0.1, 0.15) is 23.2 Å². The van der Waals surface area contributed by atoms with E-state index in [2.05, 4.69) is 36.4 Å². The molecule has 0 unspecified atom stereocenters. The van der Waals surface area contributed by atoms with E-state index in [1.807, 2.05) is 6.07 Å². The smallest absolute Gasteiger partial charge is 0.270 e. The molecule has 0 atom stereocenters. The largest absolute Gasteiger partial charge is 0.507 e. The van der Waals surface area contributed by atoms with Gasteiger partial charge in [-0.15, -0.1) is 0 Å². The molecule has 0 bridgehead atoms. The summed E-state index contributed by atoms with van der Waals surface area (Å²) >= 11 is 3.13. The number of aromatic amines is 1. The van der Waals surface area contributed by atoms with Crippen LogP contribution in [0.15, 0.2) is 56.8 Å². The zero-order valence-corrected chi connectivity index (χ0v) is 15.2. The summed E-state index contributed by atoms with van der Waals surface area (Å²) in [5.74, 6) is -0.902. The Bertz CT molecular complexity index is 1100. The lowest BCUT2D eigenvalue weighted by Crippen LogP contribution is -2.16. The average molecular weight is 428 g/mol. The molecule has 0 amide bonds. The second-order valence-electron chi connectivity index (χ2n) is 5.31. The average Bonchev–Trinajstić information content (AvgIpc) is 2.64. The molecule has 0 spiro atoms. The third-order valence-electron chi connectivity index (χ3n) is 3.52. The number of H-pyrrole nitrogens is 1. The molecule has 0 saturated carbocycles. The van der Waals surface area contributed by atoms with Crippen LogP contribution in [0.2, 0.25) is 0 Å². The maximum Gasteiger partial charge on any atom is 0.270 e. The first-order valence-electron chi connectivity index (χ1n) is 7.56. The zero-order valence-electron chi connectivity index (χ0n) is 13.6. The number of phenols is 1. The van der Waals surface area contributed by atoms with Crippen molar-refractivity contribution >= 4 is 28.1 Å². The number of hydrogen-bond donors (Lipinski definition) is 3. The van der Waals surface area contributed by atoms with Crippen molar-refractivity contribution in [2.45, 2.75) is 0 Å². The van der Waals surface area contributed by atoms with Gasteiger partial charge in [0.05, 0.1) is 17.5 Å². The van der Waals surface area contributed by atoms with Gasteiger partial charge in [-0.1, -0.05) is 30.3 Å². The van der Waals surface area contributed by atoms with Crippen LogP contribution in [0.3, 0.4) is 0 Å². The van der Waals surface area contributed by atoms with Gasteiger partial charge in [0.15, 0.2) is 0 Å². The van der Waals surface area contributed by atoms with Crippen LogP contribution in [0.25, 0.3) is 11.3 Å². The van der Waals surface area contributed by atoms with E-state index in [-0.39, 0.29) is 28.5 Å². The number of hydrogen-bond acceptors (Lipinski definition) is 6. The minimum Gasteiger partial charge on any atom is -0.507 e. The molecule has 3 rings (SSSR count). The van der Waals surface area contributed by atoms with E-state index in [9.17, 15) is 19.6 Å². The molecule has 27 heavy (non-hydrogen) atoms. The van der Waals surface area contributed by atoms with E-state index in [1.54, 1.807) is 30.3 Å². The molecule has 9 heteroatoms. The van der Waals surface area contributed by atoms with Crippen molar-refractivity contribution in [1.82, 2.24) is 9.97 Å². The van der Waals surface area contributed by atoms with Gasteiger partial charge >= 0.3 is 0 Å². The molecule has 134 valence electrons. The summed E-state index contributed by atoms with van der Waals surface area (Å²) in [6, 6.07) is 12.7. The molecule has 7 nitrogen and oxygen atoms in total. The standard InChI is InChI=1S/C18H11BrFN5O2/c19-14-6-11(20)7-15(26)13(14)9-22-25-18-23-16(10-4-2-1-3-5-10)12(8-21)17(27)24-18/h1-7,9,26H,(H2,23,24,25,27). The Morgan fingerprint density at radius 2 is 2.07 bits per heavy atom. The van der Waals surface area contributed by atoms with Crippen molar-refractivity contribution in [3.05, 3.63) is 74.2 Å². The van der Waals surface area contributed by atoms with E-state index in [4.69, 9.17) is 0 Å². The number of halogens is 2. The minimum atomic E-state index is -0.616. The van der Waals surface area contributed by atoms with E-state index < -0.39 is 11.4 Å². The van der Waals surface area contributed by atoms with Crippen molar-refractivity contribution in [3.63, 3.8) is 0 Å². The number of aromatic hydroxyl groups is 1. The Hall–Kier alpha value is -3.51. The molecule has 0 fully saturated rings. The maximum absolute atomic E-state index is 13.2. The monoisotopic (exact) mass is 427 g/mol. The highest BCUT2D eigenvalue weighted by Gasteiger charge is 2.13. The topological polar surface area (TPSA) is 114 Å². The molecule has 3 aromatic rings. The third kappa shape index (κ3) is 4.02. The van der Waals surface area contributed by atoms with Crippen LogP contribution >= 0.6 is 15.9 Å². The van der Waals surface area contributed by atoms with E-state index in [0.29, 0.717) is 10.0 Å². The number of anilines is 1. The maximum atomic E-state index is 13.2. The second kappa shape index (κ2) is 7.80. The van der Waals surface area contributed by atoms with Gasteiger partial charge in [-0.25, -0.2) is 14.8 Å². The summed E-state index contributed by atoms with van der Waals surface area (Å²) in [4.78, 5) is 18.8. The van der Waals surface area contributed by atoms with Gasteiger partial charge in [0.2, 0.25) is 5.95 Å². The summed E-state index contributed by atoms with van der Waals surface area (Å²) in [5, 5.41) is 22.9. The van der Waals surface area contributed by atoms with Gasteiger partial charge < -0.3 is 5.11 Å². The summed E-state index contributed by atoms with van der Waals surface area (Å²) in [7, 11) is 0. The molecule has 2 aromatic carbocycles. The van der Waals surface area contributed by atoms with Crippen LogP contribution in [-0.4, -0.2) is 21.3 Å². The minimum absolute atomic E-state index is 0.00632. The van der Waals surface area contributed by atoms with Gasteiger partial charge in [-0.3, -0.25) is 9.78 Å². The fraction of sp³-hybridized carbons (Fsp3) is 0. The van der Waals surface area contributed by atoms with Crippen molar-refractivity contribution < 1.29 is 9.50 Å². The zero-order chi connectivity index (χ0) is 19.4. The lowest BCUT2D eigenvalue weighted by molar-refractivity contribution is 0.467. The van der Waals surface area contributed by atoms with Crippen LogP contribution in [-0.2, 0) is 0 Å². The quantitative estimate of drug-likeness (QED) is 0.436. The number of hydrazone groups is 1. The number of phenolic OH excluding ortho intramolecular Hbond substituents is 1. The Morgan fingerprint density at radius 3 is 2.74 bits per heavy atom. The fourth-order valence-electron chi connectivity index (χ4n) is 2.29. The number of nitrogens with zero attached hydrogens (tertiary/aromatic N) is 3. The first-order valence-corrected chi connectivity index (χ1v) is 8.36. The molecular formula is C18H11BrFN5O2. The molecule has 3 N–H and O–H groups in total. The SMILES string of the molecule is N#Cc1c(-c2ccccc2)nc(NN=Cc2c(O)cc(F)cc2Br)[nH]c1=O. The van der Waals surface area contributed by atoms with Crippen LogP contribution < -0.4 is 11.0 Å². The summed E-state index contributed by atoms with van der Waals surface area (Å²) < 4.78 is 13.5. The van der Waals surface area contributed by atoms with Gasteiger partial charge in [0.25, 0.3) is 5.56 Å². The van der Waals surface area contributed by atoms with Crippen LogP contribution in [0, 0.1) is 17.1 Å². The summed E-state index contributed by atoms with van der Waals surface area (Å²) in [6.45, 7) is 0. The third-order valence-corrected chi connectivity index (χ3v) is 4.17. The predicted molar refractivity (Wildman–Crippen MR) is 102 cm³/mol. The summed E-state index contributed by atoms with van der Waals surface area (Å²) in [5.41, 5.74) is 2.86. The van der Waals surface area contributed by atoms with Crippen molar-refractivity contribution in [2.24, 2.45) is 5.10 Å². The highest BCUT2D eigenvalue weighted by Crippen LogP contribution is 2.26. The Morgan fingerprint density at radius 1 is 1.33 bits per heavy atom. The Kier molecular flexibility index (Phi) is 5.28. The first kappa shape index (κ1) is 18.3. The van der Waals surface area contributed by atoms with Crippen molar-refractivity contribution in [3.8, 4) is 23.1 Å². The lowest BCUT2D eigenvalue weighted by atomic mass is 10.1. The second-order valence-corrected chi connectivity index (χ2v) is 6.16. The van der Waals surface area contributed by atoms with Crippen molar-refractivity contribution in [2.75, 3.05) is 5.43 Å². The normalized spacial score (nSPS) is 10.7. The van der Waals surface area contributed by atoms with Gasteiger partial charge in [-0.2, -0.15) is 10.4 Å². The number of benzene rings is 2. The number of nitrogens with one attached hydrogen (secondary N) is 2. The van der Waals surface area contributed by atoms with Crippen LogP contribution in [0.4, 0.5) is 10.3 Å². The number of rotatable bonds is 4. The van der Waals surface area contributed by atoms with Crippen LogP contribution in [0.1, 0.15) is 11.1 Å². The number of nitriles is 1. The predicted octanol–water partition coefficient (Wildman–Crippen LogP) is 3.36. The van der Waals surface area contributed by atoms with Crippen molar-refractivity contribution in [1.29, 1.82) is 5.26 Å². The molecular weight excluding hydrogens is 417 g/mol. The molecule has 0 aliphatic carbocycles. The molecule has 0 radical (unpaired) electrons. The van der Waals surface area contributed by atoms with Crippen LogP contribution in [0.5, 0.6) is 5.75 Å².